The van der Waals surface area contributed by atoms with Crippen LogP contribution < -0.4 is 11.1 Å². The SMILES string of the molecule is C[N+](C)(Cc1cc(=O)n2c(-c3ccccc3)csc2n1)Cc1cc(=O)n2c(-c3ccccc3)csc2n1. The van der Waals surface area contributed by atoms with Crippen molar-refractivity contribution in [3.8, 4) is 22.5 Å². The zero-order valence-corrected chi connectivity index (χ0v) is 22.0. The quantitative estimate of drug-likeness (QED) is 0.289. The molecular weight excluding hydrogens is 502 g/mol. The second-order valence-corrected chi connectivity index (χ2v) is 11.3. The molecule has 37 heavy (non-hydrogen) atoms. The third-order valence-electron chi connectivity index (χ3n) is 6.23. The van der Waals surface area contributed by atoms with E-state index in [0.29, 0.717) is 27.5 Å². The Morgan fingerprint density at radius 1 is 0.676 bits per heavy atom. The fourth-order valence-corrected chi connectivity index (χ4v) is 6.49. The molecule has 0 aliphatic carbocycles. The fourth-order valence-electron chi connectivity index (χ4n) is 4.64. The Morgan fingerprint density at radius 3 is 1.49 bits per heavy atom. The molecule has 0 amide bonds. The Kier molecular flexibility index (Phi) is 5.83. The molecule has 0 N–H and O–H groups in total. The van der Waals surface area contributed by atoms with Gasteiger partial charge in [-0.25, -0.2) is 9.97 Å². The second kappa shape index (κ2) is 9.19. The highest BCUT2D eigenvalue weighted by Crippen LogP contribution is 2.26. The van der Waals surface area contributed by atoms with Gasteiger partial charge in [-0.15, -0.1) is 22.7 Å². The highest BCUT2D eigenvalue weighted by atomic mass is 32.1. The number of benzene rings is 2. The first-order chi connectivity index (χ1) is 17.9. The molecule has 0 radical (unpaired) electrons. The third kappa shape index (κ3) is 4.53. The van der Waals surface area contributed by atoms with Gasteiger partial charge in [-0.2, -0.15) is 0 Å². The van der Waals surface area contributed by atoms with Crippen molar-refractivity contribution < 1.29 is 4.48 Å². The summed E-state index contributed by atoms with van der Waals surface area (Å²) in [6.45, 7) is 1.07. The Hall–Kier alpha value is -3.92. The average Bonchev–Trinajstić information content (AvgIpc) is 3.50. The summed E-state index contributed by atoms with van der Waals surface area (Å²) in [6.07, 6.45) is 0. The van der Waals surface area contributed by atoms with Gasteiger partial charge >= 0.3 is 0 Å². The van der Waals surface area contributed by atoms with Crippen LogP contribution >= 0.6 is 22.7 Å². The zero-order valence-electron chi connectivity index (χ0n) is 20.4. The lowest BCUT2D eigenvalue weighted by atomic mass is 10.2. The van der Waals surface area contributed by atoms with Crippen LogP contribution in [-0.2, 0) is 13.1 Å². The summed E-state index contributed by atoms with van der Waals surface area (Å²) >= 11 is 2.92. The molecule has 0 unspecified atom stereocenters. The maximum Gasteiger partial charge on any atom is 0.259 e. The van der Waals surface area contributed by atoms with Gasteiger partial charge in [0.25, 0.3) is 11.1 Å². The van der Waals surface area contributed by atoms with Crippen LogP contribution in [0.4, 0.5) is 0 Å². The number of aromatic nitrogens is 4. The van der Waals surface area contributed by atoms with Gasteiger partial charge in [0.05, 0.1) is 25.5 Å². The van der Waals surface area contributed by atoms with Crippen LogP contribution in [0.3, 0.4) is 0 Å². The van der Waals surface area contributed by atoms with Gasteiger partial charge < -0.3 is 4.48 Å². The maximum absolute atomic E-state index is 13.1. The van der Waals surface area contributed by atoms with Gasteiger partial charge in [0, 0.05) is 22.9 Å². The van der Waals surface area contributed by atoms with E-state index in [-0.39, 0.29) is 11.1 Å². The summed E-state index contributed by atoms with van der Waals surface area (Å²) in [5.74, 6) is 0. The number of rotatable bonds is 6. The maximum atomic E-state index is 13.1. The highest BCUT2D eigenvalue weighted by molar-refractivity contribution is 7.15. The number of thiazole rings is 2. The number of nitrogens with zero attached hydrogens (tertiary/aromatic N) is 5. The molecule has 0 saturated carbocycles. The molecule has 7 nitrogen and oxygen atoms in total. The van der Waals surface area contributed by atoms with Crippen molar-refractivity contribution in [2.24, 2.45) is 0 Å². The van der Waals surface area contributed by atoms with Crippen molar-refractivity contribution in [2.45, 2.75) is 13.1 Å². The van der Waals surface area contributed by atoms with E-state index < -0.39 is 0 Å². The molecule has 0 spiro atoms. The van der Waals surface area contributed by atoms with Crippen LogP contribution in [-0.4, -0.2) is 37.3 Å². The van der Waals surface area contributed by atoms with Crippen LogP contribution in [0.25, 0.3) is 32.4 Å². The van der Waals surface area contributed by atoms with Crippen LogP contribution in [0.5, 0.6) is 0 Å². The minimum atomic E-state index is -0.0927. The van der Waals surface area contributed by atoms with Gasteiger partial charge in [0.2, 0.25) is 0 Å². The van der Waals surface area contributed by atoms with Gasteiger partial charge in [0.1, 0.15) is 24.5 Å². The van der Waals surface area contributed by atoms with E-state index in [1.54, 1.807) is 20.9 Å². The summed E-state index contributed by atoms with van der Waals surface area (Å²) in [4.78, 5) is 37.1. The average molecular weight is 527 g/mol. The van der Waals surface area contributed by atoms with Gasteiger partial charge in [-0.05, 0) is 11.1 Å². The number of hydrogen-bond donors (Lipinski definition) is 0. The summed E-state index contributed by atoms with van der Waals surface area (Å²) in [5, 5.41) is 3.94. The third-order valence-corrected chi connectivity index (χ3v) is 7.89. The standard InChI is InChI=1S/C28H24N5O2S2/c1-33(2,15-21-13-25(34)31-23(17-36-27(31)29-21)19-9-5-3-6-10-19)16-22-14-26(35)32-24(18-37-28(32)30-22)20-11-7-4-8-12-20/h3-14,17-18H,15-16H2,1-2H3/q+1. The van der Waals surface area contributed by atoms with E-state index in [2.05, 4.69) is 14.1 Å². The van der Waals surface area contributed by atoms with Crippen LogP contribution in [0, 0.1) is 0 Å². The van der Waals surface area contributed by atoms with Crippen LogP contribution in [0.15, 0.2) is 93.1 Å². The van der Waals surface area contributed by atoms with Crippen molar-refractivity contribution >= 4 is 32.6 Å². The van der Waals surface area contributed by atoms with Crippen LogP contribution in [0.2, 0.25) is 0 Å². The first kappa shape index (κ1) is 23.5. The molecule has 184 valence electrons. The molecule has 2 aromatic carbocycles. The molecule has 0 aliphatic heterocycles. The van der Waals surface area contributed by atoms with Gasteiger partial charge in [0.15, 0.2) is 9.92 Å². The summed E-state index contributed by atoms with van der Waals surface area (Å²) in [6, 6.07) is 22.9. The van der Waals surface area contributed by atoms with Gasteiger partial charge in [-0.3, -0.25) is 18.4 Å². The smallest absolute Gasteiger partial charge is 0.259 e. The van der Waals surface area contributed by atoms with Crippen molar-refractivity contribution in [1.82, 2.24) is 18.8 Å². The molecular formula is C28H24N5O2S2+. The normalized spacial score (nSPS) is 11.9. The van der Waals surface area contributed by atoms with E-state index in [1.807, 2.05) is 71.4 Å². The molecule has 0 saturated heterocycles. The Bertz CT molecular complexity index is 1720. The van der Waals surface area contributed by atoms with Crippen LogP contribution in [0.1, 0.15) is 11.4 Å². The predicted molar refractivity (Wildman–Crippen MR) is 149 cm³/mol. The van der Waals surface area contributed by atoms with Crippen molar-refractivity contribution in [3.05, 3.63) is 116 Å². The minimum Gasteiger partial charge on any atom is -0.318 e. The Morgan fingerprint density at radius 2 is 1.08 bits per heavy atom. The lowest BCUT2D eigenvalue weighted by Gasteiger charge is -2.28. The molecule has 0 fully saturated rings. The Labute approximate surface area is 220 Å². The monoisotopic (exact) mass is 526 g/mol. The van der Waals surface area contributed by atoms with E-state index in [4.69, 9.17) is 9.97 Å². The zero-order chi connectivity index (χ0) is 25.6. The van der Waals surface area contributed by atoms with E-state index in [0.717, 1.165) is 33.9 Å². The highest BCUT2D eigenvalue weighted by Gasteiger charge is 2.22. The Balaban J connectivity index is 1.28. The fraction of sp³-hybridized carbons (Fsp3) is 0.143. The molecule has 4 aromatic heterocycles. The molecule has 4 heterocycles. The molecule has 6 aromatic rings. The summed E-state index contributed by atoms with van der Waals surface area (Å²) < 4.78 is 3.83. The van der Waals surface area contributed by atoms with Gasteiger partial charge in [-0.1, -0.05) is 60.7 Å². The van der Waals surface area contributed by atoms with E-state index >= 15 is 0 Å². The summed E-state index contributed by atoms with van der Waals surface area (Å²) in [7, 11) is 4.11. The van der Waals surface area contributed by atoms with E-state index in [9.17, 15) is 9.59 Å². The first-order valence-electron chi connectivity index (χ1n) is 11.8. The number of quaternary nitrogens is 1. The van der Waals surface area contributed by atoms with Crippen molar-refractivity contribution in [3.63, 3.8) is 0 Å². The predicted octanol–water partition coefficient (Wildman–Crippen LogP) is 4.94. The minimum absolute atomic E-state index is 0.0927. The second-order valence-electron chi connectivity index (χ2n) is 9.63. The lowest BCUT2D eigenvalue weighted by Crippen LogP contribution is -2.39. The first-order valence-corrected chi connectivity index (χ1v) is 13.6. The summed E-state index contributed by atoms with van der Waals surface area (Å²) in [5.41, 5.74) is 4.92. The number of hydrogen-bond acceptors (Lipinski definition) is 6. The number of fused-ring (bicyclic) bond motifs is 2. The lowest BCUT2D eigenvalue weighted by molar-refractivity contribution is -0.917. The van der Waals surface area contributed by atoms with E-state index in [1.165, 1.54) is 22.7 Å². The van der Waals surface area contributed by atoms with Crippen molar-refractivity contribution in [2.75, 3.05) is 14.1 Å². The largest absolute Gasteiger partial charge is 0.318 e. The molecule has 0 bridgehead atoms. The molecule has 6 rings (SSSR count). The van der Waals surface area contributed by atoms with Crippen molar-refractivity contribution in [1.29, 1.82) is 0 Å². The molecule has 0 atom stereocenters. The molecule has 9 heteroatoms. The topological polar surface area (TPSA) is 68.7 Å². The molecule has 0 aliphatic rings.